The van der Waals surface area contributed by atoms with Gasteiger partial charge in [0.2, 0.25) is 5.96 Å². The molecule has 1 atom stereocenters. The predicted molar refractivity (Wildman–Crippen MR) is 116 cm³/mol. The van der Waals surface area contributed by atoms with Gasteiger partial charge in [0.1, 0.15) is 0 Å². The van der Waals surface area contributed by atoms with Gasteiger partial charge in [-0.1, -0.05) is 50.2 Å². The molecule has 0 aromatic heterocycles. The van der Waals surface area contributed by atoms with Crippen molar-refractivity contribution in [3.8, 4) is 0 Å². The number of benzene rings is 3. The molecule has 0 aliphatic heterocycles. The normalized spacial score (nSPS) is 14.6. The number of aryl methyl sites for hydroxylation is 2. The van der Waals surface area contributed by atoms with E-state index in [2.05, 4.69) is 62.4 Å². The molecular formula is C24H27N3. The minimum Gasteiger partial charge on any atom is -0.369 e. The number of hydrogen-bond donors (Lipinski definition) is 1. The fourth-order valence-electron chi connectivity index (χ4n) is 4.03. The molecule has 3 heteroatoms. The number of nitrogens with zero attached hydrogens (tertiary/aromatic N) is 2. The highest BCUT2D eigenvalue weighted by Crippen LogP contribution is 2.37. The summed E-state index contributed by atoms with van der Waals surface area (Å²) in [6.07, 6.45) is 3.28. The molecule has 4 rings (SSSR count). The van der Waals surface area contributed by atoms with Crippen molar-refractivity contribution in [2.24, 2.45) is 10.7 Å². The van der Waals surface area contributed by atoms with Crippen molar-refractivity contribution in [1.82, 2.24) is 0 Å². The molecular weight excluding hydrogens is 330 g/mol. The van der Waals surface area contributed by atoms with Crippen LogP contribution in [0.15, 0.2) is 59.6 Å². The molecule has 0 heterocycles. The van der Waals surface area contributed by atoms with Crippen molar-refractivity contribution in [3.05, 3.63) is 71.3 Å². The van der Waals surface area contributed by atoms with E-state index in [9.17, 15) is 0 Å². The first-order chi connectivity index (χ1) is 13.1. The van der Waals surface area contributed by atoms with Gasteiger partial charge in [0.15, 0.2) is 0 Å². The summed E-state index contributed by atoms with van der Waals surface area (Å²) in [5, 5.41) is 2.71. The molecule has 0 radical (unpaired) electrons. The highest BCUT2D eigenvalue weighted by molar-refractivity contribution is 6.02. The molecule has 3 aromatic rings. The van der Waals surface area contributed by atoms with Crippen LogP contribution in [0.3, 0.4) is 0 Å². The first-order valence-corrected chi connectivity index (χ1v) is 9.79. The van der Waals surface area contributed by atoms with Gasteiger partial charge in [-0.3, -0.25) is 0 Å². The van der Waals surface area contributed by atoms with Crippen molar-refractivity contribution in [3.63, 3.8) is 0 Å². The van der Waals surface area contributed by atoms with E-state index < -0.39 is 0 Å². The minimum absolute atomic E-state index is 0.524. The summed E-state index contributed by atoms with van der Waals surface area (Å²) in [5.41, 5.74) is 12.6. The summed E-state index contributed by atoms with van der Waals surface area (Å²) >= 11 is 0. The molecule has 1 aliphatic carbocycles. The van der Waals surface area contributed by atoms with Crippen LogP contribution >= 0.6 is 0 Å². The summed E-state index contributed by atoms with van der Waals surface area (Å²) < 4.78 is 0. The summed E-state index contributed by atoms with van der Waals surface area (Å²) in [4.78, 5) is 6.73. The van der Waals surface area contributed by atoms with Crippen LogP contribution in [0.1, 0.15) is 42.9 Å². The Bertz CT molecular complexity index is 1020. The maximum absolute atomic E-state index is 6.40. The van der Waals surface area contributed by atoms with Crippen LogP contribution in [0.5, 0.6) is 0 Å². The van der Waals surface area contributed by atoms with Crippen LogP contribution < -0.4 is 10.6 Å². The fourth-order valence-corrected chi connectivity index (χ4v) is 4.03. The Labute approximate surface area is 161 Å². The third-order valence-corrected chi connectivity index (χ3v) is 5.86. The second-order valence-electron chi connectivity index (χ2n) is 7.51. The third kappa shape index (κ3) is 3.18. The first kappa shape index (κ1) is 17.6. The molecule has 2 N–H and O–H groups in total. The molecule has 0 saturated carbocycles. The van der Waals surface area contributed by atoms with Gasteiger partial charge in [-0.2, -0.15) is 0 Å². The Kier molecular flexibility index (Phi) is 4.61. The number of aliphatic imine (C=N–C) groups is 1. The molecule has 0 spiro atoms. The Morgan fingerprint density at radius 2 is 1.93 bits per heavy atom. The van der Waals surface area contributed by atoms with Crippen LogP contribution in [0.25, 0.3) is 10.8 Å². The van der Waals surface area contributed by atoms with Gasteiger partial charge in [0.05, 0.1) is 5.69 Å². The number of rotatable bonds is 4. The van der Waals surface area contributed by atoms with Gasteiger partial charge in [0.25, 0.3) is 0 Å². The van der Waals surface area contributed by atoms with E-state index in [0.29, 0.717) is 11.9 Å². The Hall–Kier alpha value is -2.81. The van der Waals surface area contributed by atoms with Gasteiger partial charge in [-0.05, 0) is 70.8 Å². The van der Waals surface area contributed by atoms with E-state index in [1.54, 1.807) is 0 Å². The van der Waals surface area contributed by atoms with E-state index in [0.717, 1.165) is 30.6 Å². The zero-order chi connectivity index (χ0) is 19.0. The van der Waals surface area contributed by atoms with E-state index in [4.69, 9.17) is 10.7 Å². The van der Waals surface area contributed by atoms with Gasteiger partial charge < -0.3 is 10.6 Å². The van der Waals surface area contributed by atoms with Crippen LogP contribution in [-0.4, -0.2) is 13.0 Å². The molecule has 0 saturated heterocycles. The Balaban J connectivity index is 1.69. The smallest absolute Gasteiger partial charge is 0.200 e. The zero-order valence-electron chi connectivity index (χ0n) is 16.4. The number of hydrogen-bond acceptors (Lipinski definition) is 1. The van der Waals surface area contributed by atoms with Crippen molar-refractivity contribution < 1.29 is 0 Å². The molecule has 3 nitrogen and oxygen atoms in total. The fraction of sp³-hybridized carbons (Fsp3) is 0.292. The van der Waals surface area contributed by atoms with E-state index in [-0.39, 0.29) is 0 Å². The third-order valence-electron chi connectivity index (χ3n) is 5.86. The second-order valence-corrected chi connectivity index (χ2v) is 7.51. The number of anilines is 1. The second kappa shape index (κ2) is 7.07. The average molecular weight is 358 g/mol. The number of guanidine groups is 1. The summed E-state index contributed by atoms with van der Waals surface area (Å²) in [6, 6.07) is 19.3. The van der Waals surface area contributed by atoms with Crippen molar-refractivity contribution in [2.45, 2.75) is 39.0 Å². The molecule has 1 unspecified atom stereocenters. The number of nitrogens with two attached hydrogens (primary N) is 1. The standard InChI is InChI=1S/C24H27N3/c1-4-16(2)19-9-6-10-20(15-19)26-24(25)27(3)22-14-12-18-8-5-7-17-11-13-21(22)23(17)18/h5-10,12,14-16H,4,11,13H2,1-3H3,(H2,25,26). The predicted octanol–water partition coefficient (Wildman–Crippen LogP) is 5.53. The van der Waals surface area contributed by atoms with E-state index >= 15 is 0 Å². The lowest BCUT2D eigenvalue weighted by molar-refractivity contribution is 0.734. The van der Waals surface area contributed by atoms with Gasteiger partial charge in [0, 0.05) is 12.7 Å². The molecule has 0 fully saturated rings. The monoisotopic (exact) mass is 357 g/mol. The maximum Gasteiger partial charge on any atom is 0.200 e. The van der Waals surface area contributed by atoms with Gasteiger partial charge in [-0.25, -0.2) is 4.99 Å². The largest absolute Gasteiger partial charge is 0.369 e. The highest BCUT2D eigenvalue weighted by atomic mass is 15.2. The summed E-state index contributed by atoms with van der Waals surface area (Å²) in [5.74, 6) is 1.05. The molecule has 138 valence electrons. The van der Waals surface area contributed by atoms with E-state index in [1.807, 2.05) is 18.0 Å². The first-order valence-electron chi connectivity index (χ1n) is 9.79. The summed E-state index contributed by atoms with van der Waals surface area (Å²) in [7, 11) is 2.01. The maximum atomic E-state index is 6.40. The molecule has 0 amide bonds. The van der Waals surface area contributed by atoms with Crippen molar-refractivity contribution in [2.75, 3.05) is 11.9 Å². The minimum atomic E-state index is 0.524. The summed E-state index contributed by atoms with van der Waals surface area (Å²) in [6.45, 7) is 4.45. The zero-order valence-corrected chi connectivity index (χ0v) is 16.4. The highest BCUT2D eigenvalue weighted by Gasteiger charge is 2.20. The quantitative estimate of drug-likeness (QED) is 0.492. The molecule has 3 aromatic carbocycles. The lowest BCUT2D eigenvalue weighted by Gasteiger charge is -2.21. The van der Waals surface area contributed by atoms with Crippen LogP contribution in [0.2, 0.25) is 0 Å². The van der Waals surface area contributed by atoms with Crippen LogP contribution in [0.4, 0.5) is 11.4 Å². The lowest BCUT2D eigenvalue weighted by Crippen LogP contribution is -2.34. The van der Waals surface area contributed by atoms with E-state index in [1.165, 1.54) is 27.5 Å². The topological polar surface area (TPSA) is 41.6 Å². The Morgan fingerprint density at radius 1 is 1.11 bits per heavy atom. The Morgan fingerprint density at radius 3 is 2.74 bits per heavy atom. The van der Waals surface area contributed by atoms with Gasteiger partial charge in [-0.15, -0.1) is 0 Å². The molecule has 1 aliphatic rings. The molecule has 27 heavy (non-hydrogen) atoms. The van der Waals surface area contributed by atoms with Crippen LogP contribution in [-0.2, 0) is 12.8 Å². The van der Waals surface area contributed by atoms with Crippen LogP contribution in [0, 0.1) is 0 Å². The lowest BCUT2D eigenvalue weighted by atomic mass is 9.98. The van der Waals surface area contributed by atoms with Gasteiger partial charge >= 0.3 is 0 Å². The van der Waals surface area contributed by atoms with Crippen molar-refractivity contribution in [1.29, 1.82) is 0 Å². The molecule has 0 bridgehead atoms. The SMILES string of the molecule is CCC(C)c1cccc(N=C(N)N(C)c2ccc3cccc4c3c2CC4)c1. The average Bonchev–Trinajstić information content (AvgIpc) is 3.13. The van der Waals surface area contributed by atoms with Crippen molar-refractivity contribution >= 4 is 28.1 Å².